The van der Waals surface area contributed by atoms with Crippen LogP contribution in [0.2, 0.25) is 5.02 Å². The van der Waals surface area contributed by atoms with Gasteiger partial charge in [0.2, 0.25) is 0 Å². The summed E-state index contributed by atoms with van der Waals surface area (Å²) in [5, 5.41) is 18.0. The third-order valence-electron chi connectivity index (χ3n) is 1.64. The van der Waals surface area contributed by atoms with E-state index in [2.05, 4.69) is 15.9 Å². The average molecular weight is 275 g/mol. The van der Waals surface area contributed by atoms with Crippen LogP contribution in [0.4, 0.5) is 0 Å². The van der Waals surface area contributed by atoms with E-state index in [1.54, 1.807) is 6.07 Å². The lowest BCUT2D eigenvalue weighted by Crippen LogP contribution is -2.00. The van der Waals surface area contributed by atoms with E-state index in [1.165, 1.54) is 6.07 Å². The van der Waals surface area contributed by atoms with Gasteiger partial charge in [-0.3, -0.25) is 0 Å². The second-order valence-electron chi connectivity index (χ2n) is 2.56. The number of nitriles is 1. The molecular formula is C9H5BrClNO2. The van der Waals surface area contributed by atoms with Gasteiger partial charge in [-0.15, -0.1) is 0 Å². The Labute approximate surface area is 94.0 Å². The molecule has 0 heterocycles. The van der Waals surface area contributed by atoms with Crippen molar-refractivity contribution in [3.05, 3.63) is 33.8 Å². The lowest BCUT2D eigenvalue weighted by atomic mass is 10.1. The Morgan fingerprint density at radius 2 is 2.29 bits per heavy atom. The molecule has 0 spiro atoms. The van der Waals surface area contributed by atoms with E-state index in [0.717, 1.165) is 0 Å². The Kier molecular flexibility index (Phi) is 3.50. The fourth-order valence-corrected chi connectivity index (χ4v) is 1.55. The number of benzene rings is 1. The number of hydrogen-bond donors (Lipinski definition) is 1. The summed E-state index contributed by atoms with van der Waals surface area (Å²) in [5.74, 6) is -1.13. The van der Waals surface area contributed by atoms with Crippen LogP contribution in [-0.4, -0.2) is 11.1 Å². The minimum Gasteiger partial charge on any atom is -0.478 e. The fourth-order valence-electron chi connectivity index (χ4n) is 0.998. The van der Waals surface area contributed by atoms with Gasteiger partial charge < -0.3 is 5.11 Å². The summed E-state index contributed by atoms with van der Waals surface area (Å²) in [6.07, 6.45) is 0. The van der Waals surface area contributed by atoms with Crippen molar-refractivity contribution in [1.29, 1.82) is 5.26 Å². The van der Waals surface area contributed by atoms with Crippen molar-refractivity contribution in [2.45, 2.75) is 5.33 Å². The highest BCUT2D eigenvalue weighted by Crippen LogP contribution is 2.23. The molecule has 0 saturated carbocycles. The van der Waals surface area contributed by atoms with E-state index >= 15 is 0 Å². The molecule has 0 bridgehead atoms. The summed E-state index contributed by atoms with van der Waals surface area (Å²) in [4.78, 5) is 10.7. The van der Waals surface area contributed by atoms with Gasteiger partial charge in [0.15, 0.2) is 0 Å². The van der Waals surface area contributed by atoms with Gasteiger partial charge in [-0.25, -0.2) is 4.79 Å². The smallest absolute Gasteiger partial charge is 0.337 e. The summed E-state index contributed by atoms with van der Waals surface area (Å²) in [6, 6.07) is 4.85. The molecule has 0 atom stereocenters. The predicted octanol–water partition coefficient (Wildman–Crippen LogP) is 2.80. The SMILES string of the molecule is N#Cc1cc(CBr)cc(C(=O)O)c1Cl. The number of carboxylic acids is 1. The summed E-state index contributed by atoms with van der Waals surface area (Å²) < 4.78 is 0. The zero-order chi connectivity index (χ0) is 10.7. The zero-order valence-electron chi connectivity index (χ0n) is 6.92. The highest BCUT2D eigenvalue weighted by atomic mass is 79.9. The Balaban J connectivity index is 3.44. The summed E-state index contributed by atoms with van der Waals surface area (Å²) in [7, 11) is 0. The molecule has 5 heteroatoms. The van der Waals surface area contributed by atoms with Gasteiger partial charge in [0, 0.05) is 5.33 Å². The maximum Gasteiger partial charge on any atom is 0.337 e. The summed E-state index contributed by atoms with van der Waals surface area (Å²) in [5.41, 5.74) is 0.851. The van der Waals surface area contributed by atoms with Crippen LogP contribution in [-0.2, 0) is 5.33 Å². The number of alkyl halides is 1. The van der Waals surface area contributed by atoms with Gasteiger partial charge in [0.1, 0.15) is 6.07 Å². The first-order valence-electron chi connectivity index (χ1n) is 3.62. The van der Waals surface area contributed by atoms with E-state index in [4.69, 9.17) is 22.0 Å². The van der Waals surface area contributed by atoms with E-state index in [1.807, 2.05) is 6.07 Å². The van der Waals surface area contributed by atoms with Gasteiger partial charge in [0.25, 0.3) is 0 Å². The van der Waals surface area contributed by atoms with Crippen LogP contribution >= 0.6 is 27.5 Å². The lowest BCUT2D eigenvalue weighted by molar-refractivity contribution is 0.0697. The van der Waals surface area contributed by atoms with Crippen LogP contribution in [0.5, 0.6) is 0 Å². The number of rotatable bonds is 2. The predicted molar refractivity (Wildman–Crippen MR) is 55.8 cm³/mol. The number of carboxylic acid groups (broad SMARTS) is 1. The molecule has 0 aliphatic heterocycles. The molecule has 1 aromatic rings. The standard InChI is InChI=1S/C9H5BrClNO2/c10-3-5-1-6(4-12)8(11)7(2-5)9(13)14/h1-2H,3H2,(H,13,14). The Morgan fingerprint density at radius 1 is 1.64 bits per heavy atom. The number of halogens is 2. The molecular weight excluding hydrogens is 269 g/mol. The zero-order valence-corrected chi connectivity index (χ0v) is 9.26. The van der Waals surface area contributed by atoms with Gasteiger partial charge in [-0.1, -0.05) is 27.5 Å². The molecule has 0 amide bonds. The van der Waals surface area contributed by atoms with E-state index in [0.29, 0.717) is 10.9 Å². The van der Waals surface area contributed by atoms with Crippen molar-refractivity contribution >= 4 is 33.5 Å². The average Bonchev–Trinajstić information content (AvgIpc) is 2.17. The van der Waals surface area contributed by atoms with Crippen LogP contribution in [0, 0.1) is 11.3 Å². The van der Waals surface area contributed by atoms with Crippen LogP contribution in [0.15, 0.2) is 12.1 Å². The molecule has 1 rings (SSSR count). The largest absolute Gasteiger partial charge is 0.478 e. The van der Waals surface area contributed by atoms with Crippen molar-refractivity contribution in [3.8, 4) is 6.07 Å². The molecule has 0 radical (unpaired) electrons. The van der Waals surface area contributed by atoms with E-state index in [9.17, 15) is 4.79 Å². The Bertz CT molecular complexity index is 426. The fraction of sp³-hybridized carbons (Fsp3) is 0.111. The second-order valence-corrected chi connectivity index (χ2v) is 3.49. The van der Waals surface area contributed by atoms with Gasteiger partial charge in [-0.2, -0.15) is 5.26 Å². The highest BCUT2D eigenvalue weighted by molar-refractivity contribution is 9.08. The van der Waals surface area contributed by atoms with Gasteiger partial charge in [0.05, 0.1) is 16.1 Å². The Hall–Kier alpha value is -1.05. The molecule has 1 N–H and O–H groups in total. The molecule has 72 valence electrons. The maximum absolute atomic E-state index is 10.7. The second kappa shape index (κ2) is 4.45. The summed E-state index contributed by atoms with van der Waals surface area (Å²) >= 11 is 8.90. The van der Waals surface area contributed by atoms with Crippen LogP contribution in [0.1, 0.15) is 21.5 Å². The first-order valence-corrected chi connectivity index (χ1v) is 5.12. The topological polar surface area (TPSA) is 61.1 Å². The number of aromatic carboxylic acids is 1. The monoisotopic (exact) mass is 273 g/mol. The van der Waals surface area contributed by atoms with Crippen molar-refractivity contribution in [2.24, 2.45) is 0 Å². The van der Waals surface area contributed by atoms with Crippen molar-refractivity contribution in [1.82, 2.24) is 0 Å². The van der Waals surface area contributed by atoms with Crippen LogP contribution < -0.4 is 0 Å². The highest BCUT2D eigenvalue weighted by Gasteiger charge is 2.13. The third kappa shape index (κ3) is 2.06. The maximum atomic E-state index is 10.7. The third-order valence-corrected chi connectivity index (χ3v) is 2.69. The van der Waals surface area contributed by atoms with Crippen molar-refractivity contribution in [2.75, 3.05) is 0 Å². The van der Waals surface area contributed by atoms with Gasteiger partial charge in [-0.05, 0) is 17.7 Å². The lowest BCUT2D eigenvalue weighted by Gasteiger charge is -2.03. The van der Waals surface area contributed by atoms with Crippen molar-refractivity contribution in [3.63, 3.8) is 0 Å². The number of carbonyl (C=O) groups is 1. The molecule has 0 fully saturated rings. The molecule has 14 heavy (non-hydrogen) atoms. The quantitative estimate of drug-likeness (QED) is 0.844. The molecule has 0 saturated heterocycles. The molecule has 0 aromatic heterocycles. The van der Waals surface area contributed by atoms with Gasteiger partial charge >= 0.3 is 5.97 Å². The number of nitrogens with zero attached hydrogens (tertiary/aromatic N) is 1. The normalized spacial score (nSPS) is 9.50. The first-order chi connectivity index (χ1) is 6.60. The summed E-state index contributed by atoms with van der Waals surface area (Å²) in [6.45, 7) is 0. The minimum atomic E-state index is -1.13. The van der Waals surface area contributed by atoms with Crippen molar-refractivity contribution < 1.29 is 9.90 Å². The van der Waals surface area contributed by atoms with Crippen LogP contribution in [0.25, 0.3) is 0 Å². The number of hydrogen-bond acceptors (Lipinski definition) is 2. The molecule has 0 aliphatic rings. The molecule has 1 aromatic carbocycles. The Morgan fingerprint density at radius 3 is 2.71 bits per heavy atom. The minimum absolute atomic E-state index is 0.00954. The molecule has 0 aliphatic carbocycles. The first kappa shape index (κ1) is 11.0. The molecule has 0 unspecified atom stereocenters. The van der Waals surface area contributed by atoms with E-state index in [-0.39, 0.29) is 16.1 Å². The molecule has 3 nitrogen and oxygen atoms in total. The van der Waals surface area contributed by atoms with Crippen LogP contribution in [0.3, 0.4) is 0 Å². The van der Waals surface area contributed by atoms with E-state index < -0.39 is 5.97 Å².